The topological polar surface area (TPSA) is 85.9 Å². The molecule has 2 aromatic rings. The zero-order chi connectivity index (χ0) is 17.5. The van der Waals surface area contributed by atoms with E-state index in [1.54, 1.807) is 12.1 Å². The highest BCUT2D eigenvalue weighted by Crippen LogP contribution is 2.32. The monoisotopic (exact) mass is 391 g/mol. The largest absolute Gasteiger partial charge is 0.493 e. The van der Waals surface area contributed by atoms with E-state index >= 15 is 0 Å². The molecule has 0 spiro atoms. The third kappa shape index (κ3) is 4.73. The summed E-state index contributed by atoms with van der Waals surface area (Å²) < 4.78 is 11.6. The van der Waals surface area contributed by atoms with Crippen LogP contribution in [0, 0.1) is 6.92 Å². The number of hydrogen-bond acceptors (Lipinski definition) is 5. The summed E-state index contributed by atoms with van der Waals surface area (Å²) in [6.07, 6.45) is 1.49. The van der Waals surface area contributed by atoms with Crippen molar-refractivity contribution < 1.29 is 14.3 Å². The van der Waals surface area contributed by atoms with Crippen molar-refractivity contribution in [2.75, 3.05) is 19.0 Å². The lowest BCUT2D eigenvalue weighted by Gasteiger charge is -2.12. The molecule has 0 aliphatic heterocycles. The van der Waals surface area contributed by atoms with Gasteiger partial charge in [-0.3, -0.25) is 4.79 Å². The van der Waals surface area contributed by atoms with Crippen LogP contribution >= 0.6 is 15.9 Å². The third-order valence-electron chi connectivity index (χ3n) is 3.19. The van der Waals surface area contributed by atoms with E-state index in [4.69, 9.17) is 15.3 Å². The van der Waals surface area contributed by atoms with Gasteiger partial charge >= 0.3 is 0 Å². The summed E-state index contributed by atoms with van der Waals surface area (Å²) in [5.74, 6) is 5.83. The van der Waals surface area contributed by atoms with Gasteiger partial charge in [0.15, 0.2) is 18.1 Å². The molecule has 7 heteroatoms. The van der Waals surface area contributed by atoms with Gasteiger partial charge < -0.3 is 20.6 Å². The van der Waals surface area contributed by atoms with Gasteiger partial charge in [0.05, 0.1) is 13.3 Å². The van der Waals surface area contributed by atoms with Crippen molar-refractivity contribution >= 4 is 33.7 Å². The Kier molecular flexibility index (Phi) is 6.20. The Labute approximate surface area is 148 Å². The number of rotatable bonds is 6. The maximum atomic E-state index is 12.0. The predicted molar refractivity (Wildman–Crippen MR) is 97.8 cm³/mol. The number of aryl methyl sites for hydroxylation is 1. The van der Waals surface area contributed by atoms with Crippen LogP contribution in [0.15, 0.2) is 46.0 Å². The Morgan fingerprint density at radius 2 is 2.00 bits per heavy atom. The number of carbonyl (C=O) groups excluding carboxylic acids is 1. The molecule has 0 radical (unpaired) electrons. The fourth-order valence-electron chi connectivity index (χ4n) is 1.98. The minimum Gasteiger partial charge on any atom is -0.493 e. The van der Waals surface area contributed by atoms with E-state index in [0.29, 0.717) is 11.5 Å². The zero-order valence-corrected chi connectivity index (χ0v) is 15.0. The number of carbonyl (C=O) groups is 1. The first-order valence-corrected chi connectivity index (χ1v) is 7.93. The molecule has 0 aromatic heterocycles. The van der Waals surface area contributed by atoms with E-state index in [1.165, 1.54) is 13.3 Å². The molecule has 0 saturated carbocycles. The number of ether oxygens (including phenoxy) is 2. The number of methoxy groups -OCH3 is 1. The highest BCUT2D eigenvalue weighted by molar-refractivity contribution is 9.10. The molecule has 0 aliphatic carbocycles. The third-order valence-corrected chi connectivity index (χ3v) is 3.88. The molecule has 1 amide bonds. The zero-order valence-electron chi connectivity index (χ0n) is 13.4. The van der Waals surface area contributed by atoms with Gasteiger partial charge in [-0.05, 0) is 47.1 Å². The lowest BCUT2D eigenvalue weighted by Crippen LogP contribution is -2.20. The second kappa shape index (κ2) is 8.35. The van der Waals surface area contributed by atoms with Crippen molar-refractivity contribution in [2.45, 2.75) is 6.92 Å². The van der Waals surface area contributed by atoms with Crippen LogP contribution in [0.25, 0.3) is 0 Å². The number of benzene rings is 2. The van der Waals surface area contributed by atoms with Crippen LogP contribution < -0.4 is 20.6 Å². The highest BCUT2D eigenvalue weighted by Gasteiger charge is 2.11. The maximum Gasteiger partial charge on any atom is 0.262 e. The van der Waals surface area contributed by atoms with E-state index in [-0.39, 0.29) is 12.5 Å². The molecule has 126 valence electrons. The predicted octanol–water partition coefficient (Wildman–Crippen LogP) is 3.08. The van der Waals surface area contributed by atoms with E-state index < -0.39 is 0 Å². The molecule has 3 N–H and O–H groups in total. The molecular formula is C17H18BrN3O3. The number of anilines is 1. The van der Waals surface area contributed by atoms with Crippen LogP contribution in [0.4, 0.5) is 5.69 Å². The van der Waals surface area contributed by atoms with Crippen molar-refractivity contribution in [3.05, 3.63) is 52.0 Å². The number of halogens is 1. The second-order valence-corrected chi connectivity index (χ2v) is 5.86. The van der Waals surface area contributed by atoms with Crippen LogP contribution in [0.3, 0.4) is 0 Å². The SMILES string of the molecule is COc1cc(C=NN)c(Br)cc1OCC(=O)Nc1ccc(C)cc1. The van der Waals surface area contributed by atoms with E-state index in [9.17, 15) is 4.79 Å². The van der Waals surface area contributed by atoms with Crippen LogP contribution in [0.5, 0.6) is 11.5 Å². The minimum atomic E-state index is -0.260. The van der Waals surface area contributed by atoms with Crippen LogP contribution in [0.1, 0.15) is 11.1 Å². The van der Waals surface area contributed by atoms with Crippen molar-refractivity contribution in [1.82, 2.24) is 0 Å². The Morgan fingerprint density at radius 3 is 2.62 bits per heavy atom. The van der Waals surface area contributed by atoms with Crippen LogP contribution in [-0.2, 0) is 4.79 Å². The first kappa shape index (κ1) is 17.8. The summed E-state index contributed by atoms with van der Waals surface area (Å²) in [6, 6.07) is 10.9. The average molecular weight is 392 g/mol. The molecule has 0 unspecified atom stereocenters. The van der Waals surface area contributed by atoms with Crippen molar-refractivity contribution in [3.63, 3.8) is 0 Å². The van der Waals surface area contributed by atoms with Crippen LogP contribution in [0.2, 0.25) is 0 Å². The van der Waals surface area contributed by atoms with Gasteiger partial charge in [-0.25, -0.2) is 0 Å². The Balaban J connectivity index is 2.04. The molecule has 2 aromatic carbocycles. The lowest BCUT2D eigenvalue weighted by atomic mass is 10.2. The summed E-state index contributed by atoms with van der Waals surface area (Å²) in [5, 5.41) is 6.25. The number of hydrazone groups is 1. The second-order valence-electron chi connectivity index (χ2n) is 5.01. The number of nitrogens with two attached hydrogens (primary N) is 1. The minimum absolute atomic E-state index is 0.138. The molecule has 0 bridgehead atoms. The van der Waals surface area contributed by atoms with Gasteiger partial charge in [0.25, 0.3) is 5.91 Å². The Bertz CT molecular complexity index is 745. The number of amides is 1. The average Bonchev–Trinajstić information content (AvgIpc) is 2.57. The molecular weight excluding hydrogens is 374 g/mol. The first-order valence-electron chi connectivity index (χ1n) is 7.13. The Hall–Kier alpha value is -2.54. The molecule has 0 saturated heterocycles. The van der Waals surface area contributed by atoms with Gasteiger partial charge in [-0.2, -0.15) is 5.10 Å². The van der Waals surface area contributed by atoms with E-state index in [2.05, 4.69) is 26.3 Å². The van der Waals surface area contributed by atoms with E-state index in [1.807, 2.05) is 31.2 Å². The molecule has 0 aliphatic rings. The van der Waals surface area contributed by atoms with Gasteiger partial charge in [0, 0.05) is 15.7 Å². The van der Waals surface area contributed by atoms with Gasteiger partial charge in [0.2, 0.25) is 0 Å². The number of hydrogen-bond donors (Lipinski definition) is 2. The molecule has 0 heterocycles. The number of nitrogens with one attached hydrogen (secondary N) is 1. The highest BCUT2D eigenvalue weighted by atomic mass is 79.9. The standard InChI is InChI=1S/C17H18BrN3O3/c1-11-3-5-13(6-4-11)21-17(22)10-24-16-8-14(18)12(9-20-19)7-15(16)23-2/h3-9H,10,19H2,1-2H3,(H,21,22). The van der Waals surface area contributed by atoms with Crippen molar-refractivity contribution in [2.24, 2.45) is 10.9 Å². The molecule has 0 fully saturated rings. The van der Waals surface area contributed by atoms with Gasteiger partial charge in [-0.15, -0.1) is 0 Å². The summed E-state index contributed by atoms with van der Waals surface area (Å²) in [4.78, 5) is 12.0. The molecule has 2 rings (SSSR count). The van der Waals surface area contributed by atoms with Crippen molar-refractivity contribution in [3.8, 4) is 11.5 Å². The first-order chi connectivity index (χ1) is 11.5. The summed E-state index contributed by atoms with van der Waals surface area (Å²) in [5.41, 5.74) is 2.59. The lowest BCUT2D eigenvalue weighted by molar-refractivity contribution is -0.118. The fourth-order valence-corrected chi connectivity index (χ4v) is 2.40. The number of nitrogens with zero attached hydrogens (tertiary/aromatic N) is 1. The van der Waals surface area contributed by atoms with E-state index in [0.717, 1.165) is 21.3 Å². The van der Waals surface area contributed by atoms with Crippen molar-refractivity contribution in [1.29, 1.82) is 0 Å². The quantitative estimate of drug-likeness (QED) is 0.450. The molecule has 6 nitrogen and oxygen atoms in total. The summed E-state index contributed by atoms with van der Waals surface area (Å²) in [6.45, 7) is 1.85. The summed E-state index contributed by atoms with van der Waals surface area (Å²) >= 11 is 3.40. The van der Waals surface area contributed by atoms with Gasteiger partial charge in [-0.1, -0.05) is 17.7 Å². The van der Waals surface area contributed by atoms with Gasteiger partial charge in [0.1, 0.15) is 0 Å². The smallest absolute Gasteiger partial charge is 0.262 e. The maximum absolute atomic E-state index is 12.0. The summed E-state index contributed by atoms with van der Waals surface area (Å²) in [7, 11) is 1.52. The Morgan fingerprint density at radius 1 is 1.29 bits per heavy atom. The normalized spacial score (nSPS) is 10.6. The van der Waals surface area contributed by atoms with Crippen LogP contribution in [-0.4, -0.2) is 25.8 Å². The molecule has 24 heavy (non-hydrogen) atoms. The molecule has 0 atom stereocenters. The fraction of sp³-hybridized carbons (Fsp3) is 0.176.